The molecule has 0 aliphatic carbocycles. The number of sulfonamides is 1. The van der Waals surface area contributed by atoms with Gasteiger partial charge in [-0.2, -0.15) is 0 Å². The molecule has 1 aliphatic rings. The molecule has 0 radical (unpaired) electrons. The second-order valence-electron chi connectivity index (χ2n) is 5.55. The normalized spacial score (nSPS) is 22.8. The number of nitrogens with two attached hydrogens (primary N) is 1. The van der Waals surface area contributed by atoms with Crippen LogP contribution in [-0.4, -0.2) is 33.5 Å². The quantitative estimate of drug-likeness (QED) is 0.739. The maximum absolute atomic E-state index is 12.2. The topological polar surface area (TPSA) is 101 Å². The number of hydrogen-bond acceptors (Lipinski definition) is 4. The van der Waals surface area contributed by atoms with Crippen LogP contribution in [0.25, 0.3) is 0 Å². The van der Waals surface area contributed by atoms with Crippen molar-refractivity contribution in [2.24, 2.45) is 11.1 Å². The number of amides is 1. The molecule has 0 bridgehead atoms. The van der Waals surface area contributed by atoms with Crippen molar-refractivity contribution in [3.8, 4) is 0 Å². The number of benzene rings is 1. The molecule has 2 rings (SSSR count). The first kappa shape index (κ1) is 15.9. The molecular weight excluding hydrogens is 290 g/mol. The van der Waals surface area contributed by atoms with Gasteiger partial charge in [0.1, 0.15) is 0 Å². The SMILES string of the molecule is CC1CCNCC1NC(=O)c1ccc(CS(N)(=O)=O)cc1. The Hall–Kier alpha value is -1.44. The number of piperidine rings is 1. The van der Waals surface area contributed by atoms with Gasteiger partial charge in [0.2, 0.25) is 10.0 Å². The highest BCUT2D eigenvalue weighted by Gasteiger charge is 2.22. The summed E-state index contributed by atoms with van der Waals surface area (Å²) in [6.45, 7) is 3.88. The lowest BCUT2D eigenvalue weighted by molar-refractivity contribution is 0.0915. The van der Waals surface area contributed by atoms with E-state index in [9.17, 15) is 13.2 Å². The molecule has 7 heteroatoms. The summed E-state index contributed by atoms with van der Waals surface area (Å²) in [6, 6.07) is 6.59. The van der Waals surface area contributed by atoms with Crippen molar-refractivity contribution in [1.82, 2.24) is 10.6 Å². The summed E-state index contributed by atoms with van der Waals surface area (Å²) >= 11 is 0. The number of carbonyl (C=O) groups is 1. The number of rotatable bonds is 4. The van der Waals surface area contributed by atoms with E-state index in [0.29, 0.717) is 17.0 Å². The third-order valence-electron chi connectivity index (χ3n) is 3.73. The van der Waals surface area contributed by atoms with Crippen LogP contribution < -0.4 is 15.8 Å². The van der Waals surface area contributed by atoms with E-state index in [1.165, 1.54) is 0 Å². The Morgan fingerprint density at radius 3 is 2.62 bits per heavy atom. The largest absolute Gasteiger partial charge is 0.348 e. The van der Waals surface area contributed by atoms with Crippen LogP contribution in [0.1, 0.15) is 29.3 Å². The Morgan fingerprint density at radius 2 is 2.05 bits per heavy atom. The zero-order valence-corrected chi connectivity index (χ0v) is 12.8. The lowest BCUT2D eigenvalue weighted by atomic mass is 9.94. The molecule has 2 atom stereocenters. The molecule has 21 heavy (non-hydrogen) atoms. The van der Waals surface area contributed by atoms with Crippen molar-refractivity contribution in [1.29, 1.82) is 0 Å². The maximum Gasteiger partial charge on any atom is 0.251 e. The summed E-state index contributed by atoms with van der Waals surface area (Å²) in [5, 5.41) is 11.3. The minimum Gasteiger partial charge on any atom is -0.348 e. The second kappa shape index (κ2) is 6.55. The average molecular weight is 311 g/mol. The standard InChI is InChI=1S/C14H21N3O3S/c1-10-6-7-16-8-13(10)17-14(18)12-4-2-11(3-5-12)9-21(15,19)20/h2-5,10,13,16H,6-9H2,1H3,(H,17,18)(H2,15,19,20). The van der Waals surface area contributed by atoms with Gasteiger partial charge >= 0.3 is 0 Å². The fourth-order valence-electron chi connectivity index (χ4n) is 2.42. The van der Waals surface area contributed by atoms with Crippen molar-refractivity contribution in [2.75, 3.05) is 13.1 Å². The Balaban J connectivity index is 1.99. The van der Waals surface area contributed by atoms with E-state index in [1.54, 1.807) is 24.3 Å². The molecule has 1 saturated heterocycles. The summed E-state index contributed by atoms with van der Waals surface area (Å²) < 4.78 is 22.0. The number of hydrogen-bond donors (Lipinski definition) is 3. The molecule has 0 spiro atoms. The fourth-order valence-corrected chi connectivity index (χ4v) is 3.08. The third kappa shape index (κ3) is 4.80. The molecule has 1 aliphatic heterocycles. The fraction of sp³-hybridized carbons (Fsp3) is 0.500. The lowest BCUT2D eigenvalue weighted by Crippen LogP contribution is -2.50. The highest BCUT2D eigenvalue weighted by Crippen LogP contribution is 2.13. The van der Waals surface area contributed by atoms with Crippen LogP contribution in [0.2, 0.25) is 0 Å². The second-order valence-corrected chi connectivity index (χ2v) is 7.17. The molecule has 0 saturated carbocycles. The van der Waals surface area contributed by atoms with Gasteiger partial charge in [-0.25, -0.2) is 13.6 Å². The number of primary sulfonamides is 1. The molecular formula is C14H21N3O3S. The molecule has 0 aromatic heterocycles. The Bertz CT molecular complexity index is 598. The molecule has 1 aromatic rings. The molecule has 4 N–H and O–H groups in total. The Morgan fingerprint density at radius 1 is 1.38 bits per heavy atom. The number of nitrogens with one attached hydrogen (secondary N) is 2. The molecule has 2 unspecified atom stereocenters. The van der Waals surface area contributed by atoms with Gasteiger partial charge in [-0.1, -0.05) is 19.1 Å². The summed E-state index contributed by atoms with van der Waals surface area (Å²) in [4.78, 5) is 12.2. The molecule has 116 valence electrons. The van der Waals surface area contributed by atoms with Gasteiger partial charge in [0.15, 0.2) is 0 Å². The van der Waals surface area contributed by atoms with Crippen LogP contribution in [0.15, 0.2) is 24.3 Å². The smallest absolute Gasteiger partial charge is 0.251 e. The van der Waals surface area contributed by atoms with Crippen molar-refractivity contribution >= 4 is 15.9 Å². The highest BCUT2D eigenvalue weighted by molar-refractivity contribution is 7.88. The summed E-state index contributed by atoms with van der Waals surface area (Å²) in [6.07, 6.45) is 1.04. The van der Waals surface area contributed by atoms with E-state index in [-0.39, 0.29) is 17.7 Å². The molecule has 1 heterocycles. The highest BCUT2D eigenvalue weighted by atomic mass is 32.2. The van der Waals surface area contributed by atoms with Crippen LogP contribution in [0.3, 0.4) is 0 Å². The third-order valence-corrected chi connectivity index (χ3v) is 4.46. The van der Waals surface area contributed by atoms with Crippen LogP contribution in [-0.2, 0) is 15.8 Å². The number of carbonyl (C=O) groups excluding carboxylic acids is 1. The minimum atomic E-state index is -3.55. The zero-order chi connectivity index (χ0) is 15.5. The van der Waals surface area contributed by atoms with Gasteiger partial charge in [-0.3, -0.25) is 4.79 Å². The predicted octanol–water partition coefficient (Wildman–Crippen LogP) is 0.203. The summed E-state index contributed by atoms with van der Waals surface area (Å²) in [5.41, 5.74) is 1.09. The van der Waals surface area contributed by atoms with E-state index in [2.05, 4.69) is 17.6 Å². The van der Waals surface area contributed by atoms with Crippen LogP contribution in [0, 0.1) is 5.92 Å². The van der Waals surface area contributed by atoms with Crippen molar-refractivity contribution in [3.05, 3.63) is 35.4 Å². The van der Waals surface area contributed by atoms with Gasteiger partial charge in [0, 0.05) is 18.2 Å². The van der Waals surface area contributed by atoms with Crippen LogP contribution >= 0.6 is 0 Å². The molecule has 6 nitrogen and oxygen atoms in total. The van der Waals surface area contributed by atoms with E-state index >= 15 is 0 Å². The van der Waals surface area contributed by atoms with Gasteiger partial charge < -0.3 is 10.6 Å². The van der Waals surface area contributed by atoms with Crippen LogP contribution in [0.4, 0.5) is 0 Å². The lowest BCUT2D eigenvalue weighted by Gasteiger charge is -2.30. The van der Waals surface area contributed by atoms with Gasteiger partial charge in [-0.15, -0.1) is 0 Å². The molecule has 1 amide bonds. The van der Waals surface area contributed by atoms with E-state index in [1.807, 2.05) is 0 Å². The Labute approximate surface area is 125 Å². The van der Waals surface area contributed by atoms with E-state index in [4.69, 9.17) is 5.14 Å². The van der Waals surface area contributed by atoms with Crippen LogP contribution in [0.5, 0.6) is 0 Å². The monoisotopic (exact) mass is 311 g/mol. The zero-order valence-electron chi connectivity index (χ0n) is 12.0. The van der Waals surface area contributed by atoms with Crippen molar-refractivity contribution in [2.45, 2.75) is 25.1 Å². The maximum atomic E-state index is 12.2. The summed E-state index contributed by atoms with van der Waals surface area (Å²) in [7, 11) is -3.55. The molecule has 1 fully saturated rings. The van der Waals surface area contributed by atoms with E-state index in [0.717, 1.165) is 19.5 Å². The van der Waals surface area contributed by atoms with Crippen molar-refractivity contribution < 1.29 is 13.2 Å². The predicted molar refractivity (Wildman–Crippen MR) is 81.2 cm³/mol. The average Bonchev–Trinajstić information content (AvgIpc) is 2.40. The molecule has 1 aromatic carbocycles. The minimum absolute atomic E-state index is 0.121. The summed E-state index contributed by atoms with van der Waals surface area (Å²) in [5.74, 6) is 0.0768. The first-order chi connectivity index (χ1) is 9.85. The first-order valence-electron chi connectivity index (χ1n) is 6.96. The van der Waals surface area contributed by atoms with Crippen molar-refractivity contribution in [3.63, 3.8) is 0 Å². The van der Waals surface area contributed by atoms with Gasteiger partial charge in [-0.05, 0) is 36.6 Å². The first-order valence-corrected chi connectivity index (χ1v) is 8.68. The van der Waals surface area contributed by atoms with Gasteiger partial charge in [0.25, 0.3) is 5.91 Å². The van der Waals surface area contributed by atoms with Gasteiger partial charge in [0.05, 0.1) is 5.75 Å². The van der Waals surface area contributed by atoms with E-state index < -0.39 is 10.0 Å². The Kier molecular flexibility index (Phi) is 4.97.